The fraction of sp³-hybridized carbons (Fsp3) is 0.333. The van der Waals surface area contributed by atoms with Gasteiger partial charge in [0.25, 0.3) is 0 Å². The lowest BCUT2D eigenvalue weighted by Crippen LogP contribution is -2.45. The zero-order valence-electron chi connectivity index (χ0n) is 11.8. The van der Waals surface area contributed by atoms with E-state index in [0.717, 1.165) is 31.1 Å². The van der Waals surface area contributed by atoms with E-state index >= 15 is 0 Å². The molecule has 1 atom stereocenters. The SMILES string of the molecule is Cl.Cl.Fc1cccc(F)c1[C@@H](c1cccs1)N1CCNCC1. The molecule has 1 aromatic carbocycles. The minimum Gasteiger partial charge on any atom is -0.314 e. The van der Waals surface area contributed by atoms with E-state index in [4.69, 9.17) is 0 Å². The third-order valence-corrected chi connectivity index (χ3v) is 4.53. The average molecular weight is 367 g/mol. The maximum absolute atomic E-state index is 14.2. The number of thiophene rings is 1. The highest BCUT2D eigenvalue weighted by Gasteiger charge is 2.29. The molecule has 1 saturated heterocycles. The molecule has 1 aliphatic heterocycles. The highest BCUT2D eigenvalue weighted by atomic mass is 35.5. The molecule has 1 fully saturated rings. The van der Waals surface area contributed by atoms with E-state index < -0.39 is 11.6 Å². The Kier molecular flexibility index (Phi) is 7.72. The van der Waals surface area contributed by atoms with Crippen LogP contribution in [-0.2, 0) is 0 Å². The highest BCUT2D eigenvalue weighted by molar-refractivity contribution is 7.10. The van der Waals surface area contributed by atoms with E-state index in [2.05, 4.69) is 10.2 Å². The lowest BCUT2D eigenvalue weighted by Gasteiger charge is -2.35. The van der Waals surface area contributed by atoms with Gasteiger partial charge in [-0.25, -0.2) is 8.78 Å². The van der Waals surface area contributed by atoms with Crippen LogP contribution in [0, 0.1) is 11.6 Å². The standard InChI is InChI=1S/C15H16F2N2S.2ClH/c16-11-3-1-4-12(17)14(11)15(13-5-2-10-20-13)19-8-6-18-7-9-19;;/h1-5,10,15,18H,6-9H2;2*1H/t15-;;/m1../s1. The Labute approximate surface area is 145 Å². The second-order valence-electron chi connectivity index (χ2n) is 4.84. The summed E-state index contributed by atoms with van der Waals surface area (Å²) >= 11 is 1.54. The molecular formula is C15H18Cl2F2N2S. The van der Waals surface area contributed by atoms with Gasteiger partial charge in [-0.1, -0.05) is 12.1 Å². The van der Waals surface area contributed by atoms with Crippen molar-refractivity contribution in [3.8, 4) is 0 Å². The quantitative estimate of drug-likeness (QED) is 0.886. The van der Waals surface area contributed by atoms with Crippen LogP contribution in [0.3, 0.4) is 0 Å². The maximum atomic E-state index is 14.2. The first-order chi connectivity index (χ1) is 9.77. The zero-order chi connectivity index (χ0) is 13.9. The molecule has 0 unspecified atom stereocenters. The summed E-state index contributed by atoms with van der Waals surface area (Å²) in [7, 11) is 0. The van der Waals surface area contributed by atoms with Crippen LogP contribution in [0.1, 0.15) is 16.5 Å². The van der Waals surface area contributed by atoms with Crippen molar-refractivity contribution in [1.82, 2.24) is 10.2 Å². The van der Waals surface area contributed by atoms with Crippen LogP contribution in [0.15, 0.2) is 35.7 Å². The number of piperazine rings is 1. The van der Waals surface area contributed by atoms with E-state index in [1.54, 1.807) is 11.3 Å². The second-order valence-corrected chi connectivity index (χ2v) is 5.82. The number of nitrogens with one attached hydrogen (secondary N) is 1. The van der Waals surface area contributed by atoms with E-state index in [1.165, 1.54) is 18.2 Å². The third kappa shape index (κ3) is 3.97. The minimum atomic E-state index is -0.470. The molecule has 3 rings (SSSR count). The Morgan fingerprint density at radius 3 is 2.18 bits per heavy atom. The molecule has 2 heterocycles. The smallest absolute Gasteiger partial charge is 0.131 e. The summed E-state index contributed by atoms with van der Waals surface area (Å²) in [6.07, 6.45) is 0. The van der Waals surface area contributed by atoms with Gasteiger partial charge in [0.2, 0.25) is 0 Å². The van der Waals surface area contributed by atoms with Crippen LogP contribution in [0.2, 0.25) is 0 Å². The van der Waals surface area contributed by atoms with Crippen LogP contribution in [0.5, 0.6) is 0 Å². The Hall–Kier alpha value is -0.720. The Balaban J connectivity index is 0.00000121. The predicted molar refractivity (Wildman–Crippen MR) is 91.5 cm³/mol. The fourth-order valence-corrected chi connectivity index (χ4v) is 3.53. The summed E-state index contributed by atoms with van der Waals surface area (Å²) < 4.78 is 28.3. The lowest BCUT2D eigenvalue weighted by molar-refractivity contribution is 0.194. The monoisotopic (exact) mass is 366 g/mol. The molecule has 0 spiro atoms. The van der Waals surface area contributed by atoms with Gasteiger partial charge in [-0.05, 0) is 23.6 Å². The summed E-state index contributed by atoms with van der Waals surface area (Å²) in [5.41, 5.74) is 0.164. The van der Waals surface area contributed by atoms with Gasteiger partial charge in [-0.3, -0.25) is 4.90 Å². The van der Waals surface area contributed by atoms with Gasteiger partial charge in [0.1, 0.15) is 11.6 Å². The van der Waals surface area contributed by atoms with Gasteiger partial charge in [0.15, 0.2) is 0 Å². The molecule has 0 bridgehead atoms. The Bertz CT molecular complexity index is 555. The van der Waals surface area contributed by atoms with Crippen molar-refractivity contribution < 1.29 is 8.78 Å². The Morgan fingerprint density at radius 1 is 1.00 bits per heavy atom. The third-order valence-electron chi connectivity index (χ3n) is 3.60. The molecule has 0 amide bonds. The van der Waals surface area contributed by atoms with Crippen molar-refractivity contribution in [2.75, 3.05) is 26.2 Å². The van der Waals surface area contributed by atoms with Crippen molar-refractivity contribution in [2.24, 2.45) is 0 Å². The van der Waals surface area contributed by atoms with Gasteiger partial charge < -0.3 is 5.32 Å². The van der Waals surface area contributed by atoms with Crippen molar-refractivity contribution in [2.45, 2.75) is 6.04 Å². The van der Waals surface area contributed by atoms with Gasteiger partial charge in [0, 0.05) is 36.6 Å². The molecule has 1 aliphatic rings. The van der Waals surface area contributed by atoms with Crippen LogP contribution in [-0.4, -0.2) is 31.1 Å². The number of hydrogen-bond donors (Lipinski definition) is 1. The topological polar surface area (TPSA) is 15.3 Å². The van der Waals surface area contributed by atoms with Crippen LogP contribution in [0.4, 0.5) is 8.78 Å². The van der Waals surface area contributed by atoms with Crippen LogP contribution >= 0.6 is 36.2 Å². The van der Waals surface area contributed by atoms with Gasteiger partial charge >= 0.3 is 0 Å². The molecule has 0 radical (unpaired) electrons. The average Bonchev–Trinajstić information content (AvgIpc) is 2.98. The second kappa shape index (κ2) is 8.79. The fourth-order valence-electron chi connectivity index (χ4n) is 2.66. The van der Waals surface area contributed by atoms with E-state index in [9.17, 15) is 8.78 Å². The highest BCUT2D eigenvalue weighted by Crippen LogP contribution is 2.34. The zero-order valence-corrected chi connectivity index (χ0v) is 14.2. The molecule has 0 saturated carbocycles. The van der Waals surface area contributed by atoms with Gasteiger partial charge in [-0.15, -0.1) is 36.2 Å². The molecule has 0 aliphatic carbocycles. The predicted octanol–water partition coefficient (Wildman–Crippen LogP) is 3.86. The molecule has 1 aromatic heterocycles. The first-order valence-electron chi connectivity index (χ1n) is 6.69. The summed E-state index contributed by atoms with van der Waals surface area (Å²) in [6.45, 7) is 3.27. The largest absolute Gasteiger partial charge is 0.314 e. The first-order valence-corrected chi connectivity index (χ1v) is 7.57. The minimum absolute atomic E-state index is 0. The molecule has 2 nitrogen and oxygen atoms in total. The van der Waals surface area contributed by atoms with Crippen LogP contribution < -0.4 is 5.32 Å². The molecule has 2 aromatic rings. The molecule has 1 N–H and O–H groups in total. The van der Waals surface area contributed by atoms with E-state index in [-0.39, 0.29) is 36.4 Å². The molecule has 22 heavy (non-hydrogen) atoms. The van der Waals surface area contributed by atoms with Crippen molar-refractivity contribution in [3.63, 3.8) is 0 Å². The number of halogens is 4. The van der Waals surface area contributed by atoms with E-state index in [0.29, 0.717) is 0 Å². The number of hydrogen-bond acceptors (Lipinski definition) is 3. The van der Waals surface area contributed by atoms with Gasteiger partial charge in [-0.2, -0.15) is 0 Å². The van der Waals surface area contributed by atoms with Crippen LogP contribution in [0.25, 0.3) is 0 Å². The number of benzene rings is 1. The van der Waals surface area contributed by atoms with Crippen molar-refractivity contribution in [3.05, 3.63) is 57.8 Å². The van der Waals surface area contributed by atoms with Crippen molar-refractivity contribution in [1.29, 1.82) is 0 Å². The lowest BCUT2D eigenvalue weighted by atomic mass is 10.0. The first kappa shape index (κ1) is 19.3. The summed E-state index contributed by atoms with van der Waals surface area (Å²) in [5.74, 6) is -0.941. The summed E-state index contributed by atoms with van der Waals surface area (Å²) in [4.78, 5) is 3.13. The number of rotatable bonds is 3. The molecule has 122 valence electrons. The number of nitrogens with zero attached hydrogens (tertiary/aromatic N) is 1. The Morgan fingerprint density at radius 2 is 1.64 bits per heavy atom. The normalized spacial score (nSPS) is 16.5. The van der Waals surface area contributed by atoms with E-state index in [1.807, 2.05) is 17.5 Å². The molecule has 7 heteroatoms. The maximum Gasteiger partial charge on any atom is 0.131 e. The van der Waals surface area contributed by atoms with Gasteiger partial charge in [0.05, 0.1) is 6.04 Å². The summed E-state index contributed by atoms with van der Waals surface area (Å²) in [5, 5.41) is 5.22. The summed E-state index contributed by atoms with van der Waals surface area (Å²) in [6, 6.07) is 7.62. The van der Waals surface area contributed by atoms with Crippen molar-refractivity contribution >= 4 is 36.2 Å². The molecular weight excluding hydrogens is 349 g/mol.